The number of aryl methyl sites for hydroxylation is 2. The quantitative estimate of drug-likeness (QED) is 0.568. The molecule has 1 fully saturated rings. The summed E-state index contributed by atoms with van der Waals surface area (Å²) in [4.78, 5) is 33.7. The molecule has 1 aliphatic carbocycles. The van der Waals surface area contributed by atoms with Gasteiger partial charge < -0.3 is 10.2 Å². The SMILES string of the molecule is CCN(C(=O)NC1CCCCC1)C(C)c1nc2ccccc2c(=O)n1-c1cc(C)ccc1C. The summed E-state index contributed by atoms with van der Waals surface area (Å²) in [7, 11) is 0. The van der Waals surface area contributed by atoms with Gasteiger partial charge >= 0.3 is 6.03 Å². The Labute approximate surface area is 195 Å². The van der Waals surface area contributed by atoms with Crippen molar-refractivity contribution in [1.82, 2.24) is 19.8 Å². The van der Waals surface area contributed by atoms with Crippen molar-refractivity contribution in [2.75, 3.05) is 6.54 Å². The Kier molecular flexibility index (Phi) is 6.82. The Morgan fingerprint density at radius 3 is 2.61 bits per heavy atom. The smallest absolute Gasteiger partial charge is 0.318 e. The molecular formula is C27H34N4O2. The highest BCUT2D eigenvalue weighted by Crippen LogP contribution is 2.25. The normalized spacial score (nSPS) is 15.4. The zero-order valence-electron chi connectivity index (χ0n) is 20.1. The second-order valence-corrected chi connectivity index (χ2v) is 9.16. The maximum Gasteiger partial charge on any atom is 0.318 e. The number of carbonyl (C=O) groups is 1. The summed E-state index contributed by atoms with van der Waals surface area (Å²) in [5.74, 6) is 0.577. The topological polar surface area (TPSA) is 67.2 Å². The first kappa shape index (κ1) is 23.0. The third-order valence-corrected chi connectivity index (χ3v) is 6.78. The first-order valence-corrected chi connectivity index (χ1v) is 12.1. The third-order valence-electron chi connectivity index (χ3n) is 6.78. The molecule has 0 aliphatic heterocycles. The minimum atomic E-state index is -0.379. The number of nitrogens with zero attached hydrogens (tertiary/aromatic N) is 3. The molecule has 1 aromatic heterocycles. The lowest BCUT2D eigenvalue weighted by Gasteiger charge is -2.32. The molecule has 1 heterocycles. The van der Waals surface area contributed by atoms with Gasteiger partial charge in [0.05, 0.1) is 22.6 Å². The number of rotatable bonds is 5. The molecule has 1 atom stereocenters. The number of carbonyl (C=O) groups excluding carboxylic acids is 1. The number of benzene rings is 2. The summed E-state index contributed by atoms with van der Waals surface area (Å²) in [6.07, 6.45) is 5.61. The summed E-state index contributed by atoms with van der Waals surface area (Å²) < 4.78 is 1.70. The number of amides is 2. The van der Waals surface area contributed by atoms with Crippen LogP contribution in [0.3, 0.4) is 0 Å². The van der Waals surface area contributed by atoms with Crippen LogP contribution in [0.25, 0.3) is 16.6 Å². The molecule has 1 N–H and O–H groups in total. The van der Waals surface area contributed by atoms with E-state index in [1.165, 1.54) is 6.42 Å². The van der Waals surface area contributed by atoms with Crippen LogP contribution in [0.5, 0.6) is 0 Å². The molecule has 1 aliphatic rings. The van der Waals surface area contributed by atoms with E-state index < -0.39 is 0 Å². The maximum atomic E-state index is 13.7. The Balaban J connectivity index is 1.81. The molecule has 1 saturated carbocycles. The van der Waals surface area contributed by atoms with Crippen LogP contribution >= 0.6 is 0 Å². The summed E-state index contributed by atoms with van der Waals surface area (Å²) in [6.45, 7) is 8.47. The lowest BCUT2D eigenvalue weighted by molar-refractivity contribution is 0.172. The van der Waals surface area contributed by atoms with Crippen LogP contribution in [0.1, 0.15) is 68.9 Å². The van der Waals surface area contributed by atoms with E-state index in [4.69, 9.17) is 4.98 Å². The van der Waals surface area contributed by atoms with Gasteiger partial charge in [-0.25, -0.2) is 9.78 Å². The molecule has 4 rings (SSSR count). The lowest BCUT2D eigenvalue weighted by Crippen LogP contribution is -2.47. The molecule has 174 valence electrons. The van der Waals surface area contributed by atoms with Gasteiger partial charge in [-0.1, -0.05) is 43.5 Å². The van der Waals surface area contributed by atoms with Gasteiger partial charge in [0.2, 0.25) is 0 Å². The van der Waals surface area contributed by atoms with Crippen molar-refractivity contribution in [3.8, 4) is 5.69 Å². The van der Waals surface area contributed by atoms with E-state index in [1.807, 2.05) is 70.2 Å². The highest BCUT2D eigenvalue weighted by atomic mass is 16.2. The Hall–Kier alpha value is -3.15. The highest BCUT2D eigenvalue weighted by molar-refractivity contribution is 5.78. The van der Waals surface area contributed by atoms with Gasteiger partial charge in [-0.2, -0.15) is 0 Å². The van der Waals surface area contributed by atoms with Crippen LogP contribution in [0.2, 0.25) is 0 Å². The molecule has 2 amide bonds. The number of hydrogen-bond donors (Lipinski definition) is 1. The second-order valence-electron chi connectivity index (χ2n) is 9.16. The fraction of sp³-hybridized carbons (Fsp3) is 0.444. The molecule has 2 aromatic carbocycles. The standard InChI is InChI=1S/C27H34N4O2/c1-5-30(27(33)28-21-11-7-6-8-12-21)20(4)25-29-23-14-10-9-13-22(23)26(32)31(25)24-17-18(2)15-16-19(24)3/h9-10,13-17,20-21H,5-8,11-12H2,1-4H3,(H,28,33). The molecule has 0 radical (unpaired) electrons. The number of nitrogens with one attached hydrogen (secondary N) is 1. The van der Waals surface area contributed by atoms with E-state index in [-0.39, 0.29) is 23.7 Å². The highest BCUT2D eigenvalue weighted by Gasteiger charge is 2.28. The molecule has 6 nitrogen and oxygen atoms in total. The van der Waals surface area contributed by atoms with Gasteiger partial charge in [0.25, 0.3) is 5.56 Å². The van der Waals surface area contributed by atoms with Gasteiger partial charge in [-0.05, 0) is 69.9 Å². The molecule has 33 heavy (non-hydrogen) atoms. The maximum absolute atomic E-state index is 13.7. The van der Waals surface area contributed by atoms with Gasteiger partial charge in [0, 0.05) is 12.6 Å². The van der Waals surface area contributed by atoms with Gasteiger partial charge in [-0.3, -0.25) is 9.36 Å². The predicted octanol–water partition coefficient (Wildman–Crippen LogP) is 5.43. The molecular weight excluding hydrogens is 412 g/mol. The fourth-order valence-corrected chi connectivity index (χ4v) is 4.86. The second kappa shape index (κ2) is 9.77. The average Bonchev–Trinajstić information content (AvgIpc) is 2.82. The molecule has 0 bridgehead atoms. The number of urea groups is 1. The summed E-state index contributed by atoms with van der Waals surface area (Å²) in [5, 5.41) is 3.80. The number of para-hydroxylation sites is 1. The first-order chi connectivity index (χ1) is 15.9. The van der Waals surface area contributed by atoms with Crippen molar-refractivity contribution in [3.05, 3.63) is 69.8 Å². The third kappa shape index (κ3) is 4.65. The van der Waals surface area contributed by atoms with Crippen LogP contribution < -0.4 is 10.9 Å². The van der Waals surface area contributed by atoms with Crippen molar-refractivity contribution in [2.24, 2.45) is 0 Å². The van der Waals surface area contributed by atoms with Crippen molar-refractivity contribution >= 4 is 16.9 Å². The summed E-state index contributed by atoms with van der Waals surface area (Å²) >= 11 is 0. The van der Waals surface area contributed by atoms with Crippen molar-refractivity contribution in [1.29, 1.82) is 0 Å². The van der Waals surface area contributed by atoms with E-state index in [1.54, 1.807) is 9.47 Å². The van der Waals surface area contributed by atoms with Crippen molar-refractivity contribution < 1.29 is 4.79 Å². The van der Waals surface area contributed by atoms with E-state index >= 15 is 0 Å². The van der Waals surface area contributed by atoms with Crippen LogP contribution in [0.15, 0.2) is 47.3 Å². The molecule has 0 saturated heterocycles. The summed E-state index contributed by atoms with van der Waals surface area (Å²) in [5.41, 5.74) is 3.40. The largest absolute Gasteiger partial charge is 0.335 e. The Bertz CT molecular complexity index is 1210. The van der Waals surface area contributed by atoms with Gasteiger partial charge in [-0.15, -0.1) is 0 Å². The first-order valence-electron chi connectivity index (χ1n) is 12.1. The fourth-order valence-electron chi connectivity index (χ4n) is 4.86. The zero-order chi connectivity index (χ0) is 23.5. The van der Waals surface area contributed by atoms with E-state index in [9.17, 15) is 9.59 Å². The predicted molar refractivity (Wildman–Crippen MR) is 133 cm³/mol. The zero-order valence-corrected chi connectivity index (χ0v) is 20.1. The van der Waals surface area contributed by atoms with Crippen LogP contribution in [-0.2, 0) is 0 Å². The lowest BCUT2D eigenvalue weighted by atomic mass is 9.96. The van der Waals surface area contributed by atoms with E-state index in [0.29, 0.717) is 23.3 Å². The minimum absolute atomic E-state index is 0.0909. The van der Waals surface area contributed by atoms with Gasteiger partial charge in [0.15, 0.2) is 0 Å². The van der Waals surface area contributed by atoms with Gasteiger partial charge in [0.1, 0.15) is 5.82 Å². The van der Waals surface area contributed by atoms with E-state index in [0.717, 1.165) is 42.5 Å². The molecule has 1 unspecified atom stereocenters. The van der Waals surface area contributed by atoms with E-state index in [2.05, 4.69) is 5.32 Å². The summed E-state index contributed by atoms with van der Waals surface area (Å²) in [6, 6.07) is 13.2. The number of hydrogen-bond acceptors (Lipinski definition) is 3. The van der Waals surface area contributed by atoms with Crippen molar-refractivity contribution in [3.63, 3.8) is 0 Å². The molecule has 3 aromatic rings. The number of fused-ring (bicyclic) bond motifs is 1. The van der Waals surface area contributed by atoms with Crippen LogP contribution in [0.4, 0.5) is 4.79 Å². The Morgan fingerprint density at radius 1 is 1.15 bits per heavy atom. The minimum Gasteiger partial charge on any atom is -0.335 e. The molecule has 0 spiro atoms. The van der Waals surface area contributed by atoms with Crippen LogP contribution in [-0.4, -0.2) is 33.1 Å². The van der Waals surface area contributed by atoms with Crippen LogP contribution in [0, 0.1) is 13.8 Å². The van der Waals surface area contributed by atoms with Crippen molar-refractivity contribution in [2.45, 2.75) is 71.9 Å². The number of aromatic nitrogens is 2. The monoisotopic (exact) mass is 446 g/mol. The average molecular weight is 447 g/mol. The molecule has 6 heteroatoms. The Morgan fingerprint density at radius 2 is 1.88 bits per heavy atom.